The molecule has 0 saturated heterocycles. The van der Waals surface area contributed by atoms with E-state index in [-0.39, 0.29) is 23.6 Å². The van der Waals surface area contributed by atoms with Crippen molar-refractivity contribution < 1.29 is 27.1 Å². The zero-order valence-corrected chi connectivity index (χ0v) is 16.5. The molecule has 4 rings (SSSR count). The van der Waals surface area contributed by atoms with E-state index < -0.39 is 33.1 Å². The van der Waals surface area contributed by atoms with E-state index >= 15 is 0 Å². The van der Waals surface area contributed by atoms with Crippen LogP contribution in [-0.4, -0.2) is 37.8 Å². The average Bonchev–Trinajstić information content (AvgIpc) is 3.27. The van der Waals surface area contributed by atoms with Crippen molar-refractivity contribution in [3.63, 3.8) is 0 Å². The zero-order chi connectivity index (χ0) is 20.6. The van der Waals surface area contributed by atoms with Crippen molar-refractivity contribution in [2.24, 2.45) is 0 Å². The summed E-state index contributed by atoms with van der Waals surface area (Å²) in [4.78, 5) is 25.3. The van der Waals surface area contributed by atoms with Crippen LogP contribution in [-0.2, 0) is 25.0 Å². The molecule has 1 aliphatic heterocycles. The van der Waals surface area contributed by atoms with Gasteiger partial charge >= 0.3 is 5.97 Å². The predicted molar refractivity (Wildman–Crippen MR) is 102 cm³/mol. The largest absolute Gasteiger partial charge is 0.463 e. The minimum Gasteiger partial charge on any atom is -0.463 e. The van der Waals surface area contributed by atoms with Crippen molar-refractivity contribution in [1.82, 2.24) is 4.31 Å². The lowest BCUT2D eigenvalue weighted by molar-refractivity contribution is -0.150. The highest BCUT2D eigenvalue weighted by atomic mass is 32.2. The van der Waals surface area contributed by atoms with Crippen molar-refractivity contribution in [2.45, 2.75) is 36.0 Å². The van der Waals surface area contributed by atoms with Gasteiger partial charge in [0.05, 0.1) is 17.5 Å². The van der Waals surface area contributed by atoms with E-state index in [4.69, 9.17) is 4.74 Å². The molecule has 0 aromatic heterocycles. The summed E-state index contributed by atoms with van der Waals surface area (Å²) < 4.78 is 45.6. The van der Waals surface area contributed by atoms with Crippen LogP contribution in [0.25, 0.3) is 0 Å². The first kappa shape index (κ1) is 19.6. The summed E-state index contributed by atoms with van der Waals surface area (Å²) in [5.74, 6) is -1.68. The molecule has 0 spiro atoms. The van der Waals surface area contributed by atoms with E-state index in [9.17, 15) is 22.4 Å². The van der Waals surface area contributed by atoms with Gasteiger partial charge in [-0.25, -0.2) is 17.1 Å². The summed E-state index contributed by atoms with van der Waals surface area (Å²) in [5, 5.41) is 0. The van der Waals surface area contributed by atoms with Gasteiger partial charge in [-0.05, 0) is 31.0 Å². The Morgan fingerprint density at radius 3 is 2.41 bits per heavy atom. The standard InChI is InChI=1S/C21H20FNO5S/c22-17-9-3-2-8-16(17)21(11-5-6-12-21)20(25)28-14-13-23-19(24)15-7-1-4-10-18(15)29(23,26)27/h1-4,7-10H,5-6,11-14H2. The lowest BCUT2D eigenvalue weighted by Crippen LogP contribution is -2.38. The van der Waals surface area contributed by atoms with Crippen LogP contribution in [0.5, 0.6) is 0 Å². The lowest BCUT2D eigenvalue weighted by Gasteiger charge is -2.28. The van der Waals surface area contributed by atoms with Gasteiger partial charge < -0.3 is 4.74 Å². The molecule has 29 heavy (non-hydrogen) atoms. The molecule has 0 atom stereocenters. The summed E-state index contributed by atoms with van der Waals surface area (Å²) in [6.45, 7) is -0.567. The summed E-state index contributed by atoms with van der Waals surface area (Å²) >= 11 is 0. The van der Waals surface area contributed by atoms with Crippen LogP contribution < -0.4 is 0 Å². The number of carbonyl (C=O) groups is 2. The second-order valence-corrected chi connectivity index (χ2v) is 9.11. The highest BCUT2D eigenvalue weighted by molar-refractivity contribution is 7.90. The van der Waals surface area contributed by atoms with Gasteiger partial charge in [0.15, 0.2) is 0 Å². The van der Waals surface area contributed by atoms with Gasteiger partial charge in [-0.2, -0.15) is 0 Å². The number of benzene rings is 2. The Morgan fingerprint density at radius 2 is 1.72 bits per heavy atom. The maximum Gasteiger partial charge on any atom is 0.316 e. The fraction of sp³-hybridized carbons (Fsp3) is 0.333. The number of rotatable bonds is 5. The van der Waals surface area contributed by atoms with Gasteiger partial charge in [0, 0.05) is 5.56 Å². The van der Waals surface area contributed by atoms with E-state index in [0.717, 1.165) is 17.1 Å². The van der Waals surface area contributed by atoms with Gasteiger partial charge in [0.1, 0.15) is 17.3 Å². The predicted octanol–water partition coefficient (Wildman–Crippen LogP) is 3.03. The molecule has 2 aliphatic rings. The minimum absolute atomic E-state index is 0.0463. The number of nitrogens with zero attached hydrogens (tertiary/aromatic N) is 1. The number of carbonyl (C=O) groups excluding carboxylic acids is 2. The molecule has 1 aliphatic carbocycles. The van der Waals surface area contributed by atoms with E-state index in [0.29, 0.717) is 18.4 Å². The van der Waals surface area contributed by atoms with Gasteiger partial charge in [-0.15, -0.1) is 0 Å². The third kappa shape index (κ3) is 3.11. The topological polar surface area (TPSA) is 80.8 Å². The van der Waals surface area contributed by atoms with Crippen LogP contribution in [0.15, 0.2) is 53.4 Å². The van der Waals surface area contributed by atoms with Crippen molar-refractivity contribution >= 4 is 21.9 Å². The maximum absolute atomic E-state index is 14.4. The first-order valence-corrected chi connectivity index (χ1v) is 10.9. The molecular weight excluding hydrogens is 397 g/mol. The molecule has 0 N–H and O–H groups in total. The van der Waals surface area contributed by atoms with Crippen LogP contribution in [0.4, 0.5) is 4.39 Å². The molecule has 0 bridgehead atoms. The van der Waals surface area contributed by atoms with Gasteiger partial charge in [-0.3, -0.25) is 9.59 Å². The molecule has 1 fully saturated rings. The number of fused-ring (bicyclic) bond motifs is 1. The van der Waals surface area contributed by atoms with Crippen molar-refractivity contribution in [2.75, 3.05) is 13.2 Å². The SMILES string of the molecule is O=C1c2ccccc2S(=O)(=O)N1CCOC(=O)C1(c2ccccc2F)CCCC1. The van der Waals surface area contributed by atoms with Crippen LogP contribution in [0.3, 0.4) is 0 Å². The van der Waals surface area contributed by atoms with E-state index in [1.165, 1.54) is 18.2 Å². The van der Waals surface area contributed by atoms with Crippen LogP contribution in [0.2, 0.25) is 0 Å². The Labute approximate surface area is 168 Å². The Morgan fingerprint density at radius 1 is 1.07 bits per heavy atom. The third-order valence-corrected chi connectivity index (χ3v) is 7.52. The Balaban J connectivity index is 1.49. The highest BCUT2D eigenvalue weighted by Crippen LogP contribution is 2.43. The van der Waals surface area contributed by atoms with E-state index in [2.05, 4.69) is 0 Å². The van der Waals surface area contributed by atoms with Crippen LogP contribution in [0.1, 0.15) is 41.6 Å². The number of amides is 1. The van der Waals surface area contributed by atoms with Crippen molar-refractivity contribution in [3.8, 4) is 0 Å². The first-order chi connectivity index (χ1) is 13.9. The molecular formula is C21H20FNO5S. The van der Waals surface area contributed by atoms with Crippen molar-refractivity contribution in [1.29, 1.82) is 0 Å². The Hall–Kier alpha value is -2.74. The first-order valence-electron chi connectivity index (χ1n) is 9.46. The fourth-order valence-electron chi connectivity index (χ4n) is 4.22. The Bertz CT molecular complexity index is 1080. The molecule has 1 heterocycles. The molecule has 152 valence electrons. The second kappa shape index (κ2) is 7.26. The maximum atomic E-state index is 14.4. The summed E-state index contributed by atoms with van der Waals surface area (Å²) in [5.41, 5.74) is -0.653. The monoisotopic (exact) mass is 417 g/mol. The molecule has 8 heteroatoms. The minimum atomic E-state index is -3.95. The summed E-state index contributed by atoms with van der Waals surface area (Å²) in [6, 6.07) is 12.1. The number of halogens is 1. The smallest absolute Gasteiger partial charge is 0.316 e. The van der Waals surface area contributed by atoms with Gasteiger partial charge in [-0.1, -0.05) is 43.2 Å². The quantitative estimate of drug-likeness (QED) is 0.699. The number of hydrogen-bond donors (Lipinski definition) is 0. The highest BCUT2D eigenvalue weighted by Gasteiger charge is 2.46. The third-order valence-electron chi connectivity index (χ3n) is 5.68. The van der Waals surface area contributed by atoms with Gasteiger partial charge in [0.2, 0.25) is 0 Å². The lowest BCUT2D eigenvalue weighted by atomic mass is 9.78. The van der Waals surface area contributed by atoms with Crippen molar-refractivity contribution in [3.05, 3.63) is 65.5 Å². The number of esters is 1. The Kier molecular flexibility index (Phi) is 4.90. The molecule has 0 radical (unpaired) electrons. The number of sulfonamides is 1. The number of ether oxygens (including phenoxy) is 1. The second-order valence-electron chi connectivity index (χ2n) is 7.28. The zero-order valence-electron chi connectivity index (χ0n) is 15.6. The average molecular weight is 417 g/mol. The van der Waals surface area contributed by atoms with E-state index in [1.807, 2.05) is 0 Å². The van der Waals surface area contributed by atoms with E-state index in [1.54, 1.807) is 30.3 Å². The molecule has 0 unspecified atom stereocenters. The fourth-order valence-corrected chi connectivity index (χ4v) is 5.78. The summed E-state index contributed by atoms with van der Waals surface area (Å²) in [6.07, 6.45) is 2.49. The number of hydrogen-bond acceptors (Lipinski definition) is 5. The van der Waals surface area contributed by atoms with Gasteiger partial charge in [0.25, 0.3) is 15.9 Å². The molecule has 2 aromatic carbocycles. The molecule has 2 aromatic rings. The normalized spacial score (nSPS) is 19.2. The summed E-state index contributed by atoms with van der Waals surface area (Å²) in [7, 11) is -3.95. The molecule has 1 amide bonds. The molecule has 6 nitrogen and oxygen atoms in total. The van der Waals surface area contributed by atoms with Crippen LogP contribution in [0, 0.1) is 5.82 Å². The molecule has 1 saturated carbocycles. The van der Waals surface area contributed by atoms with Crippen LogP contribution >= 0.6 is 0 Å².